The summed E-state index contributed by atoms with van der Waals surface area (Å²) >= 11 is 0. The van der Waals surface area contributed by atoms with Gasteiger partial charge in [0.1, 0.15) is 30.1 Å². The van der Waals surface area contributed by atoms with Gasteiger partial charge in [-0.25, -0.2) is 9.37 Å². The molecule has 4 aromatic rings. The molecule has 1 fully saturated rings. The van der Waals surface area contributed by atoms with Gasteiger partial charge in [-0.15, -0.1) is 0 Å². The Balaban J connectivity index is 1.39. The summed E-state index contributed by atoms with van der Waals surface area (Å²) in [5.41, 5.74) is 4.15. The first-order valence-electron chi connectivity index (χ1n) is 11.8. The number of aliphatic hydroxyl groups excluding tert-OH is 1. The van der Waals surface area contributed by atoms with Crippen molar-refractivity contribution >= 4 is 22.6 Å². The van der Waals surface area contributed by atoms with Crippen LogP contribution in [-0.4, -0.2) is 39.8 Å². The molecule has 1 N–H and O–H groups in total. The van der Waals surface area contributed by atoms with Crippen LogP contribution in [0.1, 0.15) is 29.3 Å². The molecule has 1 aliphatic heterocycles. The first-order chi connectivity index (χ1) is 16.9. The second-order valence-electron chi connectivity index (χ2n) is 9.21. The maximum Gasteiger partial charge on any atom is 0.227 e. The molecule has 0 bridgehead atoms. The minimum absolute atomic E-state index is 0.125. The number of rotatable bonds is 7. The highest BCUT2D eigenvalue weighted by molar-refractivity contribution is 5.96. The van der Waals surface area contributed by atoms with Crippen molar-refractivity contribution in [3.05, 3.63) is 89.5 Å². The molecule has 6 nitrogen and oxygen atoms in total. The van der Waals surface area contributed by atoms with Crippen molar-refractivity contribution in [3.8, 4) is 5.75 Å². The summed E-state index contributed by atoms with van der Waals surface area (Å²) < 4.78 is 22.2. The van der Waals surface area contributed by atoms with E-state index in [4.69, 9.17) is 9.72 Å². The zero-order valence-corrected chi connectivity index (χ0v) is 19.8. The predicted molar refractivity (Wildman–Crippen MR) is 133 cm³/mol. The highest BCUT2D eigenvalue weighted by Gasteiger charge is 2.36. The summed E-state index contributed by atoms with van der Waals surface area (Å²) in [5.74, 6) is 0.649. The summed E-state index contributed by atoms with van der Waals surface area (Å²) in [4.78, 5) is 19.1. The van der Waals surface area contributed by atoms with E-state index >= 15 is 0 Å². The van der Waals surface area contributed by atoms with Gasteiger partial charge < -0.3 is 19.3 Å². The van der Waals surface area contributed by atoms with Gasteiger partial charge in [0.05, 0.1) is 23.3 Å². The van der Waals surface area contributed by atoms with Crippen LogP contribution in [0.5, 0.6) is 5.75 Å². The van der Waals surface area contributed by atoms with Crippen molar-refractivity contribution in [2.45, 2.75) is 38.8 Å². The summed E-state index contributed by atoms with van der Waals surface area (Å²) in [6.45, 7) is 4.74. The molecule has 0 unspecified atom stereocenters. The van der Waals surface area contributed by atoms with Crippen LogP contribution >= 0.6 is 0 Å². The van der Waals surface area contributed by atoms with E-state index in [0.717, 1.165) is 27.9 Å². The van der Waals surface area contributed by atoms with Crippen molar-refractivity contribution in [1.29, 1.82) is 0 Å². The summed E-state index contributed by atoms with van der Waals surface area (Å²) in [5, 5.41) is 10.9. The smallest absolute Gasteiger partial charge is 0.227 e. The van der Waals surface area contributed by atoms with Gasteiger partial charge in [0.2, 0.25) is 5.91 Å². The normalized spacial score (nSPS) is 16.7. The monoisotopic (exact) mass is 473 g/mol. The molecular weight excluding hydrogens is 445 g/mol. The number of ether oxygens (including phenoxy) is 1. The van der Waals surface area contributed by atoms with Gasteiger partial charge in [0, 0.05) is 18.9 Å². The zero-order valence-electron chi connectivity index (χ0n) is 19.8. The number of aryl methyl sites for hydroxylation is 2. The van der Waals surface area contributed by atoms with Crippen molar-refractivity contribution in [2.75, 3.05) is 18.1 Å². The molecule has 1 aliphatic rings. The maximum atomic E-state index is 14.4. The van der Waals surface area contributed by atoms with Crippen LogP contribution < -0.4 is 9.64 Å². The van der Waals surface area contributed by atoms with Crippen LogP contribution in [0.4, 0.5) is 10.1 Å². The van der Waals surface area contributed by atoms with Crippen LogP contribution in [0.25, 0.3) is 11.0 Å². The van der Waals surface area contributed by atoms with Crippen LogP contribution in [0.2, 0.25) is 0 Å². The lowest BCUT2D eigenvalue weighted by Crippen LogP contribution is -2.27. The molecule has 2 heterocycles. The van der Waals surface area contributed by atoms with E-state index in [1.54, 1.807) is 18.2 Å². The molecule has 35 heavy (non-hydrogen) atoms. The molecule has 1 amide bonds. The van der Waals surface area contributed by atoms with E-state index in [0.29, 0.717) is 12.4 Å². The van der Waals surface area contributed by atoms with Gasteiger partial charge in [-0.3, -0.25) is 4.79 Å². The van der Waals surface area contributed by atoms with E-state index in [9.17, 15) is 14.3 Å². The summed E-state index contributed by atoms with van der Waals surface area (Å²) in [6.07, 6.45) is -0.556. The molecule has 7 heteroatoms. The topological polar surface area (TPSA) is 67.6 Å². The minimum Gasteiger partial charge on any atom is -0.491 e. The first kappa shape index (κ1) is 23.1. The number of imidazole rings is 1. The van der Waals surface area contributed by atoms with Crippen molar-refractivity contribution < 1.29 is 19.0 Å². The van der Waals surface area contributed by atoms with Crippen LogP contribution in [0.15, 0.2) is 66.7 Å². The van der Waals surface area contributed by atoms with Crippen LogP contribution in [-0.2, 0) is 11.3 Å². The number of aliphatic hydroxyl groups is 1. The van der Waals surface area contributed by atoms with Crippen molar-refractivity contribution in [2.24, 2.45) is 0 Å². The molecule has 2 atom stereocenters. The van der Waals surface area contributed by atoms with E-state index in [-0.39, 0.29) is 37.1 Å². The molecule has 0 spiro atoms. The quantitative estimate of drug-likeness (QED) is 0.421. The SMILES string of the molecule is Cc1cc(C)cc(OC[C@@H](O)Cn2c([C@H]3CC(=O)N(c4ccccc4F)C3)nc3ccccc32)c1. The molecule has 5 rings (SSSR count). The Labute approximate surface area is 203 Å². The molecule has 3 aromatic carbocycles. The third-order valence-electron chi connectivity index (χ3n) is 6.35. The molecule has 1 saturated heterocycles. The second kappa shape index (κ2) is 9.50. The van der Waals surface area contributed by atoms with Crippen molar-refractivity contribution in [3.63, 3.8) is 0 Å². The highest BCUT2D eigenvalue weighted by atomic mass is 19.1. The number of carbonyl (C=O) groups is 1. The Hall–Kier alpha value is -3.71. The fourth-order valence-electron chi connectivity index (χ4n) is 4.85. The number of amides is 1. The number of para-hydroxylation sites is 3. The number of carbonyl (C=O) groups excluding carboxylic acids is 1. The summed E-state index contributed by atoms with van der Waals surface area (Å²) in [7, 11) is 0. The highest BCUT2D eigenvalue weighted by Crippen LogP contribution is 2.34. The Morgan fingerprint density at radius 3 is 2.57 bits per heavy atom. The Bertz CT molecular complexity index is 1360. The summed E-state index contributed by atoms with van der Waals surface area (Å²) in [6, 6.07) is 20.0. The van der Waals surface area contributed by atoms with Gasteiger partial charge in [-0.05, 0) is 61.4 Å². The molecule has 0 saturated carbocycles. The number of hydrogen-bond acceptors (Lipinski definition) is 4. The van der Waals surface area contributed by atoms with E-state index in [1.807, 2.05) is 54.8 Å². The number of anilines is 1. The number of benzene rings is 3. The molecule has 1 aromatic heterocycles. The fraction of sp³-hybridized carbons (Fsp3) is 0.286. The lowest BCUT2D eigenvalue weighted by molar-refractivity contribution is -0.117. The van der Waals surface area contributed by atoms with Crippen LogP contribution in [0, 0.1) is 19.7 Å². The van der Waals surface area contributed by atoms with Gasteiger partial charge in [0.25, 0.3) is 0 Å². The van der Waals surface area contributed by atoms with E-state index in [1.165, 1.54) is 11.0 Å². The number of fused-ring (bicyclic) bond motifs is 1. The zero-order chi connectivity index (χ0) is 24.5. The minimum atomic E-state index is -0.785. The Morgan fingerprint density at radius 2 is 1.80 bits per heavy atom. The largest absolute Gasteiger partial charge is 0.491 e. The lowest BCUT2D eigenvalue weighted by Gasteiger charge is -2.19. The van der Waals surface area contributed by atoms with E-state index < -0.39 is 11.9 Å². The van der Waals surface area contributed by atoms with Gasteiger partial charge in [0.15, 0.2) is 0 Å². The molecule has 0 radical (unpaired) electrons. The van der Waals surface area contributed by atoms with Gasteiger partial charge >= 0.3 is 0 Å². The average Bonchev–Trinajstić information content (AvgIpc) is 3.38. The first-order valence-corrected chi connectivity index (χ1v) is 11.8. The van der Waals surface area contributed by atoms with Gasteiger partial charge in [-0.2, -0.15) is 0 Å². The number of hydrogen-bond donors (Lipinski definition) is 1. The van der Waals surface area contributed by atoms with Crippen molar-refractivity contribution in [1.82, 2.24) is 9.55 Å². The van der Waals surface area contributed by atoms with Crippen LogP contribution in [0.3, 0.4) is 0 Å². The number of halogens is 1. The molecule has 0 aliphatic carbocycles. The Kier molecular flexibility index (Phi) is 6.26. The number of nitrogens with zero attached hydrogens (tertiary/aromatic N) is 3. The third-order valence-corrected chi connectivity index (χ3v) is 6.35. The Morgan fingerprint density at radius 1 is 1.09 bits per heavy atom. The van der Waals surface area contributed by atoms with Gasteiger partial charge in [-0.1, -0.05) is 30.3 Å². The standard InChI is InChI=1S/C28H28FN3O3/c1-18-11-19(2)13-22(12-18)35-17-21(33)16-32-26-10-6-4-8-24(26)30-28(32)20-14-27(34)31(15-20)25-9-5-3-7-23(25)29/h3-13,20-21,33H,14-17H2,1-2H3/t20-,21-/m0/s1. The second-order valence-corrected chi connectivity index (χ2v) is 9.21. The lowest BCUT2D eigenvalue weighted by atomic mass is 10.1. The third kappa shape index (κ3) is 4.77. The molecular formula is C28H28FN3O3. The van der Waals surface area contributed by atoms with E-state index in [2.05, 4.69) is 6.07 Å². The fourth-order valence-corrected chi connectivity index (χ4v) is 4.85. The average molecular weight is 474 g/mol. The predicted octanol–water partition coefficient (Wildman–Crippen LogP) is 4.75. The molecule has 180 valence electrons. The maximum absolute atomic E-state index is 14.4. The number of aromatic nitrogens is 2.